The molecular formula is C35H26F2N6O4. The van der Waals surface area contributed by atoms with Gasteiger partial charge in [0.1, 0.15) is 29.8 Å². The molecule has 0 spiro atoms. The predicted molar refractivity (Wildman–Crippen MR) is 167 cm³/mol. The van der Waals surface area contributed by atoms with Crippen molar-refractivity contribution >= 4 is 17.0 Å². The number of benzene rings is 2. The Labute approximate surface area is 267 Å². The fourth-order valence-corrected chi connectivity index (χ4v) is 5.21. The van der Waals surface area contributed by atoms with Crippen LogP contribution in [0.3, 0.4) is 0 Å². The second-order valence-electron chi connectivity index (χ2n) is 11.0. The summed E-state index contributed by atoms with van der Waals surface area (Å²) >= 11 is 0. The van der Waals surface area contributed by atoms with Gasteiger partial charge in [-0.1, -0.05) is 18.1 Å². The number of aromatic amines is 1. The average Bonchev–Trinajstić information content (AvgIpc) is 3.70. The van der Waals surface area contributed by atoms with Crippen LogP contribution in [0.15, 0.2) is 79.3 Å². The molecule has 7 rings (SSSR count). The molecule has 1 aliphatic rings. The number of rotatable bonds is 9. The molecule has 2 aromatic carbocycles. The van der Waals surface area contributed by atoms with Gasteiger partial charge in [-0.05, 0) is 60.4 Å². The molecule has 6 aromatic rings. The lowest BCUT2D eigenvalue weighted by Crippen LogP contribution is -2.31. The van der Waals surface area contributed by atoms with E-state index < -0.39 is 17.6 Å². The van der Waals surface area contributed by atoms with Gasteiger partial charge in [0.25, 0.3) is 0 Å². The zero-order valence-electron chi connectivity index (χ0n) is 24.8. The van der Waals surface area contributed by atoms with Crippen molar-refractivity contribution in [3.8, 4) is 29.0 Å². The van der Waals surface area contributed by atoms with Crippen molar-refractivity contribution in [1.82, 2.24) is 29.7 Å². The van der Waals surface area contributed by atoms with Crippen LogP contribution in [-0.2, 0) is 24.3 Å². The quantitative estimate of drug-likeness (QED) is 0.199. The minimum absolute atomic E-state index is 0.00878. The summed E-state index contributed by atoms with van der Waals surface area (Å²) in [6.07, 6.45) is 5.73. The van der Waals surface area contributed by atoms with E-state index in [-0.39, 0.29) is 47.4 Å². The van der Waals surface area contributed by atoms with Gasteiger partial charge in [-0.15, -0.1) is 0 Å². The van der Waals surface area contributed by atoms with Gasteiger partial charge in [-0.3, -0.25) is 5.10 Å². The van der Waals surface area contributed by atoms with E-state index in [4.69, 9.17) is 9.47 Å². The number of nitrogens with zero attached hydrogens (tertiary/aromatic N) is 5. The molecule has 5 heterocycles. The maximum atomic E-state index is 15.5. The highest BCUT2D eigenvalue weighted by molar-refractivity contribution is 5.92. The lowest BCUT2D eigenvalue weighted by molar-refractivity contribution is -0.0589. The third-order valence-electron chi connectivity index (χ3n) is 7.78. The molecule has 0 aliphatic carbocycles. The first-order valence-corrected chi connectivity index (χ1v) is 14.8. The number of carbonyl (C=O) groups is 1. The van der Waals surface area contributed by atoms with E-state index in [2.05, 4.69) is 37.0 Å². The largest absolute Gasteiger partial charge is 0.478 e. The summed E-state index contributed by atoms with van der Waals surface area (Å²) in [5, 5.41) is 16.0. The maximum absolute atomic E-state index is 15.5. The van der Waals surface area contributed by atoms with Crippen molar-refractivity contribution in [3.05, 3.63) is 125 Å². The first-order valence-electron chi connectivity index (χ1n) is 14.8. The number of fused-ring (bicyclic) bond motifs is 1. The molecule has 1 atom stereocenters. The Morgan fingerprint density at radius 1 is 1.06 bits per heavy atom. The Morgan fingerprint density at radius 3 is 2.70 bits per heavy atom. The Balaban J connectivity index is 1.08. The molecule has 234 valence electrons. The summed E-state index contributed by atoms with van der Waals surface area (Å²) < 4.78 is 44.3. The molecule has 4 aromatic heterocycles. The number of nitrogens with one attached hydrogen (secondary N) is 1. The molecule has 1 saturated heterocycles. The van der Waals surface area contributed by atoms with Crippen molar-refractivity contribution in [1.29, 1.82) is 0 Å². The lowest BCUT2D eigenvalue weighted by Gasteiger charge is -2.27. The number of hydrogen-bond acceptors (Lipinski definition) is 7. The van der Waals surface area contributed by atoms with Crippen LogP contribution >= 0.6 is 0 Å². The number of carboxylic acids is 1. The zero-order valence-corrected chi connectivity index (χ0v) is 24.8. The molecule has 47 heavy (non-hydrogen) atoms. The topological polar surface area (TPSA) is 128 Å². The standard InChI is InChI=1S/C35H26F2N6O4/c36-28-15-27(30-2-1-3-34(42-30)47-20-22-5-8-25(38-16-22)7-4-21-17-39-40-18-21)29(37)12-24(28)14-33-41-31-9-6-23(35(44)45)13-32(31)43(33)19-26-10-11-46-26/h1-3,5-6,8-9,12-13,15-18,26H,10-11,14,19-20H2,(H,39,40)(H,44,45). The van der Waals surface area contributed by atoms with Gasteiger partial charge in [0.05, 0.1) is 46.7 Å². The van der Waals surface area contributed by atoms with Crippen molar-refractivity contribution in [2.24, 2.45) is 0 Å². The fraction of sp³-hybridized carbons (Fsp3) is 0.171. The Bertz CT molecular complexity index is 2150. The highest BCUT2D eigenvalue weighted by atomic mass is 19.1. The smallest absolute Gasteiger partial charge is 0.335 e. The van der Waals surface area contributed by atoms with E-state index in [0.29, 0.717) is 35.7 Å². The number of ether oxygens (including phenoxy) is 2. The van der Waals surface area contributed by atoms with Gasteiger partial charge < -0.3 is 19.1 Å². The van der Waals surface area contributed by atoms with Crippen LogP contribution in [0.5, 0.6) is 5.88 Å². The highest BCUT2D eigenvalue weighted by Gasteiger charge is 2.23. The van der Waals surface area contributed by atoms with Crippen molar-refractivity contribution < 1.29 is 28.2 Å². The first kappa shape index (κ1) is 29.8. The second kappa shape index (κ2) is 12.8. The van der Waals surface area contributed by atoms with Crippen molar-refractivity contribution in [3.63, 3.8) is 0 Å². The minimum Gasteiger partial charge on any atom is -0.478 e. The Hall–Kier alpha value is -5.93. The predicted octanol–water partition coefficient (Wildman–Crippen LogP) is 5.55. The monoisotopic (exact) mass is 632 g/mol. The summed E-state index contributed by atoms with van der Waals surface area (Å²) in [4.78, 5) is 25.0. The molecule has 1 fully saturated rings. The van der Waals surface area contributed by atoms with Gasteiger partial charge in [-0.25, -0.2) is 28.5 Å². The second-order valence-corrected chi connectivity index (χ2v) is 11.0. The normalized spacial score (nSPS) is 14.0. The van der Waals surface area contributed by atoms with Crippen LogP contribution in [-0.4, -0.2) is 53.5 Å². The summed E-state index contributed by atoms with van der Waals surface area (Å²) in [6, 6.07) is 15.4. The molecule has 1 unspecified atom stereocenters. The van der Waals surface area contributed by atoms with Gasteiger partial charge in [0.15, 0.2) is 0 Å². The van der Waals surface area contributed by atoms with Crippen LogP contribution in [0.25, 0.3) is 22.3 Å². The van der Waals surface area contributed by atoms with Crippen molar-refractivity contribution in [2.75, 3.05) is 6.61 Å². The van der Waals surface area contributed by atoms with Crippen LogP contribution in [0.2, 0.25) is 0 Å². The number of aromatic carboxylic acids is 1. The van der Waals surface area contributed by atoms with Crippen LogP contribution in [0, 0.1) is 23.5 Å². The molecule has 0 bridgehead atoms. The van der Waals surface area contributed by atoms with E-state index in [1.807, 2.05) is 10.6 Å². The molecule has 1 aliphatic heterocycles. The summed E-state index contributed by atoms with van der Waals surface area (Å²) in [6.45, 7) is 1.23. The van der Waals surface area contributed by atoms with Crippen LogP contribution < -0.4 is 4.74 Å². The lowest BCUT2D eigenvalue weighted by atomic mass is 10.0. The van der Waals surface area contributed by atoms with Gasteiger partial charge in [-0.2, -0.15) is 5.10 Å². The average molecular weight is 633 g/mol. The zero-order chi connectivity index (χ0) is 32.3. The summed E-state index contributed by atoms with van der Waals surface area (Å²) in [7, 11) is 0. The van der Waals surface area contributed by atoms with E-state index in [1.165, 1.54) is 12.1 Å². The molecular weight excluding hydrogens is 606 g/mol. The Kier molecular flexibility index (Phi) is 8.12. The third-order valence-corrected chi connectivity index (χ3v) is 7.78. The molecule has 0 saturated carbocycles. The number of hydrogen-bond donors (Lipinski definition) is 2. The Morgan fingerprint density at radius 2 is 1.96 bits per heavy atom. The molecule has 10 nitrogen and oxygen atoms in total. The van der Waals surface area contributed by atoms with Gasteiger partial charge >= 0.3 is 5.97 Å². The molecule has 2 N–H and O–H groups in total. The van der Waals surface area contributed by atoms with E-state index >= 15 is 8.78 Å². The summed E-state index contributed by atoms with van der Waals surface area (Å²) in [5.74, 6) is 4.29. The summed E-state index contributed by atoms with van der Waals surface area (Å²) in [5.41, 5.74) is 3.70. The van der Waals surface area contributed by atoms with Crippen LogP contribution in [0.1, 0.15) is 45.0 Å². The highest BCUT2D eigenvalue weighted by Crippen LogP contribution is 2.29. The molecule has 0 amide bonds. The number of aromatic nitrogens is 6. The fourth-order valence-electron chi connectivity index (χ4n) is 5.21. The van der Waals surface area contributed by atoms with E-state index in [0.717, 1.165) is 29.7 Å². The number of imidazole rings is 1. The number of H-pyrrole nitrogens is 1. The third kappa shape index (κ3) is 6.56. The SMILES string of the molecule is O=C(O)c1ccc2nc(Cc3cc(F)c(-c4cccc(OCc5ccc(C#Cc6cn[nH]c6)nc5)n4)cc3F)n(CC3CCO3)c2c1. The number of pyridine rings is 2. The van der Waals surface area contributed by atoms with Gasteiger partial charge in [0, 0.05) is 42.6 Å². The minimum atomic E-state index is -1.06. The van der Waals surface area contributed by atoms with Gasteiger partial charge in [0.2, 0.25) is 5.88 Å². The first-order chi connectivity index (χ1) is 22.9. The molecule has 12 heteroatoms. The maximum Gasteiger partial charge on any atom is 0.335 e. The number of carboxylic acid groups (broad SMARTS) is 1. The number of halogens is 2. The molecule has 0 radical (unpaired) electrons. The van der Waals surface area contributed by atoms with E-state index in [1.54, 1.807) is 48.9 Å². The van der Waals surface area contributed by atoms with Crippen molar-refractivity contribution in [2.45, 2.75) is 32.1 Å². The van der Waals surface area contributed by atoms with E-state index in [9.17, 15) is 9.90 Å². The van der Waals surface area contributed by atoms with Crippen LogP contribution in [0.4, 0.5) is 8.78 Å².